The van der Waals surface area contributed by atoms with E-state index >= 15 is 0 Å². The molecule has 0 fully saturated rings. The third kappa shape index (κ3) is 15.6. The molecule has 0 aliphatic heterocycles. The zero-order valence-electron chi connectivity index (χ0n) is 5.48. The molecule has 0 aromatic heterocycles. The number of hydrogen-bond acceptors (Lipinski definition) is 5. The Kier molecular flexibility index (Phi) is 8.68. The van der Waals surface area contributed by atoms with E-state index in [1.165, 1.54) is 0 Å². The van der Waals surface area contributed by atoms with Crippen molar-refractivity contribution in [3.63, 3.8) is 0 Å². The smallest absolute Gasteiger partial charge is 0.371 e. The Morgan fingerprint density at radius 3 is 1.70 bits per heavy atom. The summed E-state index contributed by atoms with van der Waals surface area (Å²) in [6, 6.07) is 0. The molecule has 10 heavy (non-hydrogen) atoms. The van der Waals surface area contributed by atoms with Crippen LogP contribution in [0.1, 0.15) is 6.92 Å². The fourth-order valence-electron chi connectivity index (χ4n) is 0.167. The molecule has 0 rings (SSSR count). The molecule has 0 aliphatic carbocycles. The fraction of sp³-hybridized carbons (Fsp3) is 0.500. The normalized spacial score (nSPS) is 8.70. The second-order valence-electron chi connectivity index (χ2n) is 1.07. The van der Waals surface area contributed by atoms with E-state index in [2.05, 4.69) is 4.52 Å². The van der Waals surface area contributed by atoms with Gasteiger partial charge < -0.3 is 16.8 Å². The van der Waals surface area contributed by atoms with E-state index in [4.69, 9.17) is 9.79 Å². The Balaban J connectivity index is -0.000000245. The highest BCUT2D eigenvalue weighted by Gasteiger charge is 2.16. The molecule has 0 spiro atoms. The molecule has 0 radical (unpaired) electrons. The molecule has 0 aliphatic rings. The summed E-state index contributed by atoms with van der Waals surface area (Å²) in [6.45, 7) is 0.916. The first-order valence-electron chi connectivity index (χ1n) is 1.67. The lowest BCUT2D eigenvalue weighted by atomic mass is 10.9. The van der Waals surface area contributed by atoms with Gasteiger partial charge in [0, 0.05) is 6.92 Å². The van der Waals surface area contributed by atoms with Crippen LogP contribution in [-0.2, 0) is 13.9 Å². The summed E-state index contributed by atoms with van der Waals surface area (Å²) in [6.07, 6.45) is 0. The van der Waals surface area contributed by atoms with Gasteiger partial charge in [0.15, 0.2) is 0 Å². The van der Waals surface area contributed by atoms with E-state index in [0.29, 0.717) is 0 Å². The lowest BCUT2D eigenvalue weighted by Gasteiger charge is -1.98. The molecular formula is C2H11N2O5P. The van der Waals surface area contributed by atoms with Crippen molar-refractivity contribution in [3.8, 4) is 0 Å². The van der Waals surface area contributed by atoms with E-state index in [-0.39, 0.29) is 12.3 Å². The van der Waals surface area contributed by atoms with Crippen molar-refractivity contribution in [2.75, 3.05) is 0 Å². The summed E-state index contributed by atoms with van der Waals surface area (Å²) in [5, 5.41) is 0. The van der Waals surface area contributed by atoms with Crippen LogP contribution in [-0.4, -0.2) is 15.8 Å². The summed E-state index contributed by atoms with van der Waals surface area (Å²) >= 11 is 0. The third-order valence-electron chi connectivity index (χ3n) is 0.247. The molecule has 0 unspecified atom stereocenters. The monoisotopic (exact) mass is 174 g/mol. The van der Waals surface area contributed by atoms with Gasteiger partial charge in [0.2, 0.25) is 0 Å². The molecule has 0 aromatic rings. The van der Waals surface area contributed by atoms with Crippen molar-refractivity contribution in [1.29, 1.82) is 0 Å². The summed E-state index contributed by atoms with van der Waals surface area (Å²) in [5.74, 6) is -0.988. The van der Waals surface area contributed by atoms with Gasteiger partial charge in [-0.1, -0.05) is 0 Å². The van der Waals surface area contributed by atoms with Crippen LogP contribution in [0.25, 0.3) is 0 Å². The highest BCUT2D eigenvalue weighted by Crippen LogP contribution is 2.35. The van der Waals surface area contributed by atoms with Gasteiger partial charge in [-0.25, -0.2) is 4.57 Å². The first kappa shape index (κ1) is 16.3. The largest absolute Gasteiger partial charge is 0.526 e. The summed E-state index contributed by atoms with van der Waals surface area (Å²) < 4.78 is 13.2. The van der Waals surface area contributed by atoms with E-state index in [1.807, 2.05) is 0 Å². The zero-order chi connectivity index (χ0) is 6.78. The average Bonchev–Trinajstić information content (AvgIpc) is 1.21. The molecule has 0 atom stereocenters. The van der Waals surface area contributed by atoms with Gasteiger partial charge in [0.25, 0.3) is 0 Å². The van der Waals surface area contributed by atoms with E-state index in [1.54, 1.807) is 0 Å². The third-order valence-corrected chi connectivity index (χ3v) is 0.742. The van der Waals surface area contributed by atoms with Crippen LogP contribution in [0.2, 0.25) is 0 Å². The van der Waals surface area contributed by atoms with Crippen LogP contribution in [0.4, 0.5) is 0 Å². The molecule has 8 N–H and O–H groups in total. The Bertz CT molecular complexity index is 141. The molecule has 64 valence electrons. The topological polar surface area (TPSA) is 154 Å². The molecule has 0 saturated carbocycles. The minimum Gasteiger partial charge on any atom is -0.371 e. The number of carbonyl (C=O) groups is 1. The van der Waals surface area contributed by atoms with Crippen LogP contribution in [0.15, 0.2) is 0 Å². The molecular weight excluding hydrogens is 163 g/mol. The summed E-state index contributed by atoms with van der Waals surface area (Å²) in [5.41, 5.74) is 0. The first-order valence-corrected chi connectivity index (χ1v) is 3.20. The maximum Gasteiger partial charge on any atom is 0.526 e. The van der Waals surface area contributed by atoms with Crippen molar-refractivity contribution in [2.45, 2.75) is 6.92 Å². The van der Waals surface area contributed by atoms with Crippen molar-refractivity contribution < 1.29 is 23.7 Å². The summed E-state index contributed by atoms with van der Waals surface area (Å²) in [4.78, 5) is 25.5. The molecule has 0 saturated heterocycles. The van der Waals surface area contributed by atoms with Crippen LogP contribution < -0.4 is 12.3 Å². The highest BCUT2D eigenvalue weighted by molar-refractivity contribution is 7.46. The fourth-order valence-corrected chi connectivity index (χ4v) is 0.502. The number of rotatable bonds is 1. The predicted octanol–water partition coefficient (Wildman–Crippen LogP) is -0.0338. The van der Waals surface area contributed by atoms with Gasteiger partial charge in [-0.15, -0.1) is 0 Å². The van der Waals surface area contributed by atoms with E-state index in [0.717, 1.165) is 6.92 Å². The standard InChI is InChI=1S/C2H5O5P.2H3N/c1-2(3)7-8(4,5)6;;/h1H3,(H2,4,5,6);2*1H3. The van der Waals surface area contributed by atoms with Crippen LogP contribution in [0, 0.1) is 0 Å². The molecule has 0 amide bonds. The number of hydrogen-bond donors (Lipinski definition) is 4. The molecule has 0 heterocycles. The maximum absolute atomic E-state index is 9.74. The minimum atomic E-state index is -4.57. The highest BCUT2D eigenvalue weighted by atomic mass is 31.2. The second-order valence-corrected chi connectivity index (χ2v) is 2.24. The maximum atomic E-state index is 9.74. The number of phosphoric ester groups is 1. The van der Waals surface area contributed by atoms with Crippen molar-refractivity contribution in [1.82, 2.24) is 12.3 Å². The van der Waals surface area contributed by atoms with Gasteiger partial charge in [-0.3, -0.25) is 14.6 Å². The average molecular weight is 174 g/mol. The van der Waals surface area contributed by atoms with Gasteiger partial charge >= 0.3 is 13.8 Å². The SMILES string of the molecule is CC(=O)OP(=O)(O)O.N.N. The lowest BCUT2D eigenvalue weighted by molar-refractivity contribution is -0.133. The number of carbonyl (C=O) groups excluding carboxylic acids is 1. The van der Waals surface area contributed by atoms with Gasteiger partial charge in [-0.05, 0) is 0 Å². The Morgan fingerprint density at radius 1 is 1.40 bits per heavy atom. The summed E-state index contributed by atoms with van der Waals surface area (Å²) in [7, 11) is -4.57. The predicted molar refractivity (Wildman–Crippen MR) is 33.9 cm³/mol. The second kappa shape index (κ2) is 5.33. The van der Waals surface area contributed by atoms with Gasteiger partial charge in [-0.2, -0.15) is 0 Å². The Labute approximate surface area is 57.8 Å². The minimum absolute atomic E-state index is 0. The molecule has 0 bridgehead atoms. The van der Waals surface area contributed by atoms with Crippen LogP contribution in [0.5, 0.6) is 0 Å². The van der Waals surface area contributed by atoms with Crippen molar-refractivity contribution >= 4 is 13.8 Å². The van der Waals surface area contributed by atoms with Crippen LogP contribution >= 0.6 is 7.82 Å². The van der Waals surface area contributed by atoms with E-state index < -0.39 is 13.8 Å². The Morgan fingerprint density at radius 2 is 1.70 bits per heavy atom. The van der Waals surface area contributed by atoms with Gasteiger partial charge in [0.1, 0.15) is 0 Å². The number of phosphoric acid groups is 1. The first-order chi connectivity index (χ1) is 3.42. The quantitative estimate of drug-likeness (QED) is 0.406. The Hall–Kier alpha value is -0.460. The van der Waals surface area contributed by atoms with Crippen molar-refractivity contribution in [2.24, 2.45) is 0 Å². The molecule has 0 aromatic carbocycles. The lowest BCUT2D eigenvalue weighted by Crippen LogP contribution is -1.94. The molecule has 7 nitrogen and oxygen atoms in total. The zero-order valence-corrected chi connectivity index (χ0v) is 6.38. The van der Waals surface area contributed by atoms with E-state index in [9.17, 15) is 9.36 Å². The van der Waals surface area contributed by atoms with Crippen molar-refractivity contribution in [3.05, 3.63) is 0 Å². The molecule has 8 heteroatoms. The van der Waals surface area contributed by atoms with Crippen LogP contribution in [0.3, 0.4) is 0 Å². The van der Waals surface area contributed by atoms with Gasteiger partial charge in [0.05, 0.1) is 0 Å².